The van der Waals surface area contributed by atoms with Crippen LogP contribution < -0.4 is 15.5 Å². The number of carbonyl (C=O) groups is 1. The van der Waals surface area contributed by atoms with E-state index in [0.29, 0.717) is 16.4 Å². The van der Waals surface area contributed by atoms with Gasteiger partial charge in [-0.3, -0.25) is 5.32 Å². The predicted molar refractivity (Wildman–Crippen MR) is 81.2 cm³/mol. The van der Waals surface area contributed by atoms with Crippen molar-refractivity contribution in [2.75, 3.05) is 24.3 Å². The average molecular weight is 309 g/mol. The lowest BCUT2D eigenvalue weighted by molar-refractivity contribution is 0.251. The molecule has 0 aliphatic rings. The van der Waals surface area contributed by atoms with Gasteiger partial charge >= 0.3 is 6.03 Å². The van der Waals surface area contributed by atoms with E-state index in [9.17, 15) is 9.18 Å². The lowest BCUT2D eigenvalue weighted by Gasteiger charge is -2.14. The van der Waals surface area contributed by atoms with Crippen LogP contribution in [-0.2, 0) is 6.54 Å². The molecule has 0 bridgehead atoms. The van der Waals surface area contributed by atoms with E-state index in [4.69, 9.17) is 0 Å². The van der Waals surface area contributed by atoms with Crippen LogP contribution in [0, 0.1) is 12.7 Å². The molecule has 2 N–H and O–H groups in total. The van der Waals surface area contributed by atoms with Crippen molar-refractivity contribution < 1.29 is 9.18 Å². The molecule has 0 aliphatic heterocycles. The van der Waals surface area contributed by atoms with Crippen molar-refractivity contribution in [3.63, 3.8) is 0 Å². The second-order valence-corrected chi connectivity index (χ2v) is 5.80. The highest BCUT2D eigenvalue weighted by Crippen LogP contribution is 2.18. The second-order valence-electron chi connectivity index (χ2n) is 4.61. The first-order valence-electron chi connectivity index (χ1n) is 6.26. The molecule has 1 aromatic carbocycles. The number of aromatic nitrogens is 2. The van der Waals surface area contributed by atoms with Crippen molar-refractivity contribution in [3.05, 3.63) is 34.6 Å². The minimum Gasteiger partial charge on any atom is -0.375 e. The number of anilines is 2. The van der Waals surface area contributed by atoms with Crippen molar-refractivity contribution in [2.24, 2.45) is 0 Å². The van der Waals surface area contributed by atoms with Gasteiger partial charge in [0.15, 0.2) is 0 Å². The zero-order valence-corrected chi connectivity index (χ0v) is 12.8. The van der Waals surface area contributed by atoms with Crippen LogP contribution in [0.4, 0.5) is 20.0 Å². The highest BCUT2D eigenvalue weighted by molar-refractivity contribution is 7.15. The Kier molecular flexibility index (Phi) is 4.69. The maximum absolute atomic E-state index is 13.8. The minimum atomic E-state index is -0.400. The van der Waals surface area contributed by atoms with Crippen LogP contribution in [0.3, 0.4) is 0 Å². The van der Waals surface area contributed by atoms with Gasteiger partial charge in [0.2, 0.25) is 5.13 Å². The van der Waals surface area contributed by atoms with Crippen LogP contribution in [0.2, 0.25) is 0 Å². The van der Waals surface area contributed by atoms with Crippen LogP contribution in [0.25, 0.3) is 0 Å². The van der Waals surface area contributed by atoms with Gasteiger partial charge in [0, 0.05) is 20.6 Å². The maximum Gasteiger partial charge on any atom is 0.321 e. The third-order valence-electron chi connectivity index (χ3n) is 2.69. The normalized spacial score (nSPS) is 10.3. The first-order valence-corrected chi connectivity index (χ1v) is 7.08. The SMILES string of the molecule is Cc1nnc(NC(=O)NCc2ccc(N(C)C)c(F)c2)s1. The molecular formula is C13H16FN5OS. The van der Waals surface area contributed by atoms with Gasteiger partial charge < -0.3 is 10.2 Å². The summed E-state index contributed by atoms with van der Waals surface area (Å²) in [6.07, 6.45) is 0. The van der Waals surface area contributed by atoms with E-state index >= 15 is 0 Å². The number of carbonyl (C=O) groups excluding carboxylic acids is 1. The van der Waals surface area contributed by atoms with Gasteiger partial charge in [-0.2, -0.15) is 0 Å². The summed E-state index contributed by atoms with van der Waals surface area (Å²) >= 11 is 1.29. The summed E-state index contributed by atoms with van der Waals surface area (Å²) in [4.78, 5) is 13.4. The molecule has 2 aromatic rings. The van der Waals surface area contributed by atoms with E-state index in [0.717, 1.165) is 5.01 Å². The first kappa shape index (κ1) is 15.2. The highest BCUT2D eigenvalue weighted by Gasteiger charge is 2.08. The van der Waals surface area contributed by atoms with Gasteiger partial charge in [0.25, 0.3) is 0 Å². The number of nitrogens with zero attached hydrogens (tertiary/aromatic N) is 3. The number of aryl methyl sites for hydroxylation is 1. The third kappa shape index (κ3) is 4.12. The molecule has 0 aliphatic carbocycles. The number of hydrogen-bond acceptors (Lipinski definition) is 5. The van der Waals surface area contributed by atoms with Crippen LogP contribution >= 0.6 is 11.3 Å². The Bertz CT molecular complexity index is 643. The van der Waals surface area contributed by atoms with Gasteiger partial charge in [0.05, 0.1) is 5.69 Å². The molecule has 0 saturated carbocycles. The fourth-order valence-corrected chi connectivity index (χ4v) is 2.28. The van der Waals surface area contributed by atoms with Gasteiger partial charge in [-0.05, 0) is 24.6 Å². The van der Waals surface area contributed by atoms with Gasteiger partial charge in [-0.25, -0.2) is 9.18 Å². The molecule has 8 heteroatoms. The van der Waals surface area contributed by atoms with Gasteiger partial charge in [-0.1, -0.05) is 17.4 Å². The second kappa shape index (κ2) is 6.49. The number of amides is 2. The minimum absolute atomic E-state index is 0.230. The van der Waals surface area contributed by atoms with Crippen LogP contribution in [0.1, 0.15) is 10.6 Å². The molecule has 1 heterocycles. The molecule has 0 atom stereocenters. The van der Waals surface area contributed by atoms with Crippen molar-refractivity contribution in [1.82, 2.24) is 15.5 Å². The smallest absolute Gasteiger partial charge is 0.321 e. The molecular weight excluding hydrogens is 293 g/mol. The molecule has 0 radical (unpaired) electrons. The number of hydrogen-bond donors (Lipinski definition) is 2. The van der Waals surface area contributed by atoms with Crippen LogP contribution in [0.15, 0.2) is 18.2 Å². The Balaban J connectivity index is 1.90. The maximum atomic E-state index is 13.8. The number of benzene rings is 1. The Morgan fingerprint density at radius 3 is 2.71 bits per heavy atom. The fraction of sp³-hybridized carbons (Fsp3) is 0.308. The van der Waals surface area contributed by atoms with E-state index in [1.54, 1.807) is 38.1 Å². The van der Waals surface area contributed by atoms with E-state index in [-0.39, 0.29) is 12.4 Å². The van der Waals surface area contributed by atoms with Crippen molar-refractivity contribution in [1.29, 1.82) is 0 Å². The molecule has 0 saturated heterocycles. The quantitative estimate of drug-likeness (QED) is 0.909. The Labute approximate surface area is 126 Å². The molecule has 2 amide bonds. The molecule has 21 heavy (non-hydrogen) atoms. The molecule has 0 spiro atoms. The summed E-state index contributed by atoms with van der Waals surface area (Å²) in [5.74, 6) is -0.320. The summed E-state index contributed by atoms with van der Waals surface area (Å²) in [5.41, 5.74) is 1.19. The number of rotatable bonds is 4. The molecule has 0 fully saturated rings. The van der Waals surface area contributed by atoms with Crippen molar-refractivity contribution >= 4 is 28.2 Å². The summed E-state index contributed by atoms with van der Waals surface area (Å²) in [5, 5.41) is 14.0. The zero-order valence-electron chi connectivity index (χ0n) is 12.0. The van der Waals surface area contributed by atoms with Crippen LogP contribution in [0.5, 0.6) is 0 Å². The van der Waals surface area contributed by atoms with Crippen LogP contribution in [-0.4, -0.2) is 30.3 Å². The Hall–Kier alpha value is -2.22. The average Bonchev–Trinajstić information content (AvgIpc) is 2.81. The van der Waals surface area contributed by atoms with Gasteiger partial charge in [-0.15, -0.1) is 10.2 Å². The van der Waals surface area contributed by atoms with Gasteiger partial charge in [0.1, 0.15) is 10.8 Å². The number of halogens is 1. The fourth-order valence-electron chi connectivity index (χ4n) is 1.69. The van der Waals surface area contributed by atoms with Crippen molar-refractivity contribution in [3.8, 4) is 0 Å². The van der Waals surface area contributed by atoms with E-state index in [1.807, 2.05) is 0 Å². The molecule has 1 aromatic heterocycles. The monoisotopic (exact) mass is 309 g/mol. The molecule has 2 rings (SSSR count). The van der Waals surface area contributed by atoms with Crippen molar-refractivity contribution in [2.45, 2.75) is 13.5 Å². The molecule has 6 nitrogen and oxygen atoms in total. The largest absolute Gasteiger partial charge is 0.375 e. The van der Waals surface area contributed by atoms with E-state index in [1.165, 1.54) is 17.4 Å². The highest BCUT2D eigenvalue weighted by atomic mass is 32.1. The predicted octanol–water partition coefficient (Wildman–Crippen LogP) is 2.37. The Morgan fingerprint density at radius 2 is 2.14 bits per heavy atom. The standard InChI is InChI=1S/C13H16FN5OS/c1-8-17-18-13(21-8)16-12(20)15-7-9-4-5-11(19(2)3)10(14)6-9/h4-6H,7H2,1-3H3,(H2,15,16,18,20). The summed E-state index contributed by atoms with van der Waals surface area (Å²) < 4.78 is 13.8. The summed E-state index contributed by atoms with van der Waals surface area (Å²) in [6.45, 7) is 2.03. The lowest BCUT2D eigenvalue weighted by Crippen LogP contribution is -2.28. The summed E-state index contributed by atoms with van der Waals surface area (Å²) in [7, 11) is 3.54. The summed E-state index contributed by atoms with van der Waals surface area (Å²) in [6, 6.07) is 4.46. The lowest BCUT2D eigenvalue weighted by atomic mass is 10.2. The molecule has 112 valence electrons. The van der Waals surface area contributed by atoms with E-state index in [2.05, 4.69) is 20.8 Å². The first-order chi connectivity index (χ1) is 9.95. The zero-order chi connectivity index (χ0) is 15.4. The topological polar surface area (TPSA) is 70.1 Å². The van der Waals surface area contributed by atoms with E-state index < -0.39 is 6.03 Å². The Morgan fingerprint density at radius 1 is 1.38 bits per heavy atom. The molecule has 0 unspecified atom stereocenters. The number of nitrogens with one attached hydrogen (secondary N) is 2. The number of urea groups is 1. The third-order valence-corrected chi connectivity index (χ3v) is 3.45.